The summed E-state index contributed by atoms with van der Waals surface area (Å²) in [6, 6.07) is 7.92. The van der Waals surface area contributed by atoms with Crippen molar-refractivity contribution in [1.29, 1.82) is 0 Å². The SMILES string of the molecule is NC(=S)COCc1ccc(Br)cc1. The largest absolute Gasteiger partial charge is 0.391 e. The van der Waals surface area contributed by atoms with Gasteiger partial charge in [0.25, 0.3) is 0 Å². The predicted molar refractivity (Wildman–Crippen MR) is 60.6 cm³/mol. The summed E-state index contributed by atoms with van der Waals surface area (Å²) < 4.78 is 6.30. The molecule has 0 spiro atoms. The van der Waals surface area contributed by atoms with E-state index in [1.165, 1.54) is 0 Å². The zero-order valence-corrected chi connectivity index (χ0v) is 9.40. The van der Waals surface area contributed by atoms with Crippen molar-refractivity contribution in [1.82, 2.24) is 0 Å². The lowest BCUT2D eigenvalue weighted by Crippen LogP contribution is -2.15. The topological polar surface area (TPSA) is 35.2 Å². The fourth-order valence-electron chi connectivity index (χ4n) is 0.850. The number of benzene rings is 1. The van der Waals surface area contributed by atoms with Gasteiger partial charge in [-0.3, -0.25) is 0 Å². The number of hydrogen-bond acceptors (Lipinski definition) is 2. The van der Waals surface area contributed by atoms with Crippen LogP contribution >= 0.6 is 28.1 Å². The van der Waals surface area contributed by atoms with Crippen LogP contribution in [0.3, 0.4) is 0 Å². The number of nitrogens with two attached hydrogens (primary N) is 1. The molecule has 0 aliphatic carbocycles. The number of halogens is 1. The van der Waals surface area contributed by atoms with E-state index in [9.17, 15) is 0 Å². The minimum absolute atomic E-state index is 0.339. The van der Waals surface area contributed by atoms with Crippen molar-refractivity contribution in [2.24, 2.45) is 5.73 Å². The predicted octanol–water partition coefficient (Wildman–Crippen LogP) is 2.25. The van der Waals surface area contributed by atoms with E-state index in [4.69, 9.17) is 10.5 Å². The lowest BCUT2D eigenvalue weighted by atomic mass is 10.2. The number of rotatable bonds is 4. The molecule has 0 saturated carbocycles. The fourth-order valence-corrected chi connectivity index (χ4v) is 1.20. The van der Waals surface area contributed by atoms with Crippen molar-refractivity contribution in [3.8, 4) is 0 Å². The zero-order chi connectivity index (χ0) is 9.68. The van der Waals surface area contributed by atoms with Crippen LogP contribution in [-0.4, -0.2) is 11.6 Å². The number of hydrogen-bond donors (Lipinski definition) is 1. The van der Waals surface area contributed by atoms with Crippen molar-refractivity contribution in [3.05, 3.63) is 34.3 Å². The molecule has 0 aromatic heterocycles. The lowest BCUT2D eigenvalue weighted by molar-refractivity contribution is 0.158. The van der Waals surface area contributed by atoms with E-state index >= 15 is 0 Å². The van der Waals surface area contributed by atoms with Gasteiger partial charge < -0.3 is 10.5 Å². The zero-order valence-electron chi connectivity index (χ0n) is 7.00. The van der Waals surface area contributed by atoms with Gasteiger partial charge in [-0.15, -0.1) is 0 Å². The Morgan fingerprint density at radius 3 is 2.54 bits per heavy atom. The van der Waals surface area contributed by atoms with Crippen molar-refractivity contribution >= 4 is 33.1 Å². The smallest absolute Gasteiger partial charge is 0.0989 e. The highest BCUT2D eigenvalue weighted by atomic mass is 79.9. The third-order valence-electron chi connectivity index (χ3n) is 1.43. The van der Waals surface area contributed by atoms with Gasteiger partial charge in [-0.1, -0.05) is 40.3 Å². The molecule has 0 heterocycles. The average Bonchev–Trinajstić information content (AvgIpc) is 2.08. The highest BCUT2D eigenvalue weighted by molar-refractivity contribution is 9.10. The van der Waals surface area contributed by atoms with Crippen LogP contribution < -0.4 is 5.73 Å². The van der Waals surface area contributed by atoms with Gasteiger partial charge in [-0.25, -0.2) is 0 Å². The maximum absolute atomic E-state index is 5.28. The summed E-state index contributed by atoms with van der Waals surface area (Å²) in [5, 5.41) is 0. The van der Waals surface area contributed by atoms with E-state index in [-0.39, 0.29) is 0 Å². The Balaban J connectivity index is 2.37. The highest BCUT2D eigenvalue weighted by Gasteiger charge is 1.93. The van der Waals surface area contributed by atoms with E-state index in [0.717, 1.165) is 10.0 Å². The van der Waals surface area contributed by atoms with Gasteiger partial charge in [0.05, 0.1) is 18.2 Å². The van der Waals surface area contributed by atoms with Crippen molar-refractivity contribution < 1.29 is 4.74 Å². The van der Waals surface area contributed by atoms with E-state index in [0.29, 0.717) is 18.2 Å². The molecule has 4 heteroatoms. The first-order valence-corrected chi connectivity index (χ1v) is 4.99. The van der Waals surface area contributed by atoms with E-state index in [2.05, 4.69) is 28.1 Å². The molecular formula is C9H10BrNOS. The molecule has 0 amide bonds. The molecule has 0 radical (unpaired) electrons. The second-order valence-electron chi connectivity index (χ2n) is 2.59. The minimum atomic E-state index is 0.339. The molecule has 2 nitrogen and oxygen atoms in total. The van der Waals surface area contributed by atoms with Crippen LogP contribution in [0.15, 0.2) is 28.7 Å². The number of ether oxygens (including phenoxy) is 1. The van der Waals surface area contributed by atoms with Gasteiger partial charge in [0.2, 0.25) is 0 Å². The Kier molecular flexibility index (Phi) is 4.35. The third kappa shape index (κ3) is 4.36. The quantitative estimate of drug-likeness (QED) is 0.843. The van der Waals surface area contributed by atoms with E-state index in [1.54, 1.807) is 0 Å². The van der Waals surface area contributed by atoms with Crippen molar-refractivity contribution in [3.63, 3.8) is 0 Å². The van der Waals surface area contributed by atoms with Crippen molar-refractivity contribution in [2.75, 3.05) is 6.61 Å². The second-order valence-corrected chi connectivity index (χ2v) is 4.03. The van der Waals surface area contributed by atoms with Crippen molar-refractivity contribution in [2.45, 2.75) is 6.61 Å². The molecule has 0 fully saturated rings. The first-order valence-electron chi connectivity index (χ1n) is 3.79. The van der Waals surface area contributed by atoms with Crippen LogP contribution in [0.4, 0.5) is 0 Å². The molecule has 1 aromatic carbocycles. The van der Waals surface area contributed by atoms with Gasteiger partial charge in [-0.2, -0.15) is 0 Å². The minimum Gasteiger partial charge on any atom is -0.391 e. The van der Waals surface area contributed by atoms with Crippen LogP contribution in [0.1, 0.15) is 5.56 Å². The molecule has 0 aliphatic heterocycles. The summed E-state index contributed by atoms with van der Waals surface area (Å²) in [6.45, 7) is 0.885. The van der Waals surface area contributed by atoms with Crippen LogP contribution in [0.25, 0.3) is 0 Å². The first kappa shape index (κ1) is 10.6. The molecule has 0 atom stereocenters. The van der Waals surface area contributed by atoms with Crippen LogP contribution in [-0.2, 0) is 11.3 Å². The number of thiocarbonyl (C=S) groups is 1. The first-order chi connectivity index (χ1) is 6.18. The Morgan fingerprint density at radius 2 is 2.00 bits per heavy atom. The Hall–Kier alpha value is -0.450. The molecule has 0 bridgehead atoms. The molecule has 0 saturated heterocycles. The Labute approximate surface area is 91.2 Å². The third-order valence-corrected chi connectivity index (χ3v) is 2.07. The fraction of sp³-hybridized carbons (Fsp3) is 0.222. The van der Waals surface area contributed by atoms with Crippen LogP contribution in [0, 0.1) is 0 Å². The average molecular weight is 260 g/mol. The Bertz CT molecular complexity index is 286. The molecular weight excluding hydrogens is 250 g/mol. The van der Waals surface area contributed by atoms with Gasteiger partial charge in [-0.05, 0) is 17.7 Å². The maximum atomic E-state index is 5.28. The molecule has 0 aliphatic rings. The molecule has 13 heavy (non-hydrogen) atoms. The van der Waals surface area contributed by atoms with Gasteiger partial charge in [0.1, 0.15) is 0 Å². The van der Waals surface area contributed by atoms with E-state index in [1.807, 2.05) is 24.3 Å². The van der Waals surface area contributed by atoms with Crippen LogP contribution in [0.5, 0.6) is 0 Å². The second kappa shape index (κ2) is 5.32. The molecule has 2 N–H and O–H groups in total. The summed E-state index contributed by atoms with van der Waals surface area (Å²) in [5.74, 6) is 0. The molecule has 0 unspecified atom stereocenters. The Morgan fingerprint density at radius 1 is 1.38 bits per heavy atom. The van der Waals surface area contributed by atoms with Gasteiger partial charge >= 0.3 is 0 Å². The van der Waals surface area contributed by atoms with Gasteiger partial charge in [0.15, 0.2) is 0 Å². The summed E-state index contributed by atoms with van der Waals surface area (Å²) in [4.78, 5) is 0.386. The molecule has 1 aromatic rings. The summed E-state index contributed by atoms with van der Waals surface area (Å²) in [5.41, 5.74) is 6.39. The highest BCUT2D eigenvalue weighted by Crippen LogP contribution is 2.10. The standard InChI is InChI=1S/C9H10BrNOS/c10-8-3-1-7(2-4-8)5-12-6-9(11)13/h1-4H,5-6H2,(H2,11,13). The summed E-state index contributed by atoms with van der Waals surface area (Å²) in [7, 11) is 0. The maximum Gasteiger partial charge on any atom is 0.0989 e. The van der Waals surface area contributed by atoms with E-state index < -0.39 is 0 Å². The summed E-state index contributed by atoms with van der Waals surface area (Å²) >= 11 is 8.03. The monoisotopic (exact) mass is 259 g/mol. The molecule has 70 valence electrons. The normalized spacial score (nSPS) is 9.92. The van der Waals surface area contributed by atoms with Gasteiger partial charge in [0, 0.05) is 4.47 Å². The van der Waals surface area contributed by atoms with Crippen LogP contribution in [0.2, 0.25) is 0 Å². The molecule has 1 rings (SSSR count). The summed E-state index contributed by atoms with van der Waals surface area (Å²) in [6.07, 6.45) is 0. The lowest BCUT2D eigenvalue weighted by Gasteiger charge is -2.02.